The molecule has 0 saturated carbocycles. The van der Waals surface area contributed by atoms with Gasteiger partial charge in [-0.15, -0.1) is 0 Å². The maximum absolute atomic E-state index is 12.6. The molecule has 1 atom stereocenters. The van der Waals surface area contributed by atoms with Crippen molar-refractivity contribution >= 4 is 41.1 Å². The Labute approximate surface area is 149 Å². The summed E-state index contributed by atoms with van der Waals surface area (Å²) in [7, 11) is 0. The van der Waals surface area contributed by atoms with Crippen molar-refractivity contribution in [1.82, 2.24) is 5.16 Å². The van der Waals surface area contributed by atoms with Gasteiger partial charge in [0, 0.05) is 17.7 Å². The molecule has 0 aliphatic carbocycles. The molecular formula is C15H12F3IN2O2S. The van der Waals surface area contributed by atoms with Crippen LogP contribution in [0.25, 0.3) is 0 Å². The van der Waals surface area contributed by atoms with E-state index in [1.165, 1.54) is 11.5 Å². The van der Waals surface area contributed by atoms with E-state index in [0.717, 1.165) is 23.0 Å². The molecular weight excluding hydrogens is 456 g/mol. The summed E-state index contributed by atoms with van der Waals surface area (Å²) >= 11 is -0.108. The number of aromatic amines is 1. The standard InChI is InChI=1S/C15H12F3IN2O2S/c1-8(11-6-13(22)21-23-11)9-2-4-10(5-3-9)20-14-19-12(7-24-14)15(16,17)18/h2-8,20H,1H3,(H,21,22)/t8-/m1/s1. The summed E-state index contributed by atoms with van der Waals surface area (Å²) in [4.78, 5) is 11.1. The minimum Gasteiger partial charge on any atom is -0.383 e. The molecule has 1 aliphatic rings. The van der Waals surface area contributed by atoms with Crippen molar-refractivity contribution in [3.05, 3.63) is 61.0 Å². The van der Waals surface area contributed by atoms with E-state index in [-0.39, 0.29) is 11.5 Å². The number of allylic oxidation sites excluding steroid dienone is 1. The molecule has 4 nitrogen and oxygen atoms in total. The van der Waals surface area contributed by atoms with Crippen LogP contribution in [0.2, 0.25) is 0 Å². The molecule has 0 amide bonds. The Kier molecular flexibility index (Phi) is 4.90. The number of thioether (sulfide) groups is 1. The molecule has 0 saturated heterocycles. The van der Waals surface area contributed by atoms with Gasteiger partial charge in [-0.2, -0.15) is 18.3 Å². The van der Waals surface area contributed by atoms with Gasteiger partial charge in [-0.1, -0.05) is 30.8 Å². The van der Waals surface area contributed by atoms with Crippen molar-refractivity contribution in [2.75, 3.05) is 5.32 Å². The number of benzene rings is 1. The highest BCUT2D eigenvalue weighted by atomic mass is 127. The zero-order valence-corrected chi connectivity index (χ0v) is 15.3. The van der Waals surface area contributed by atoms with Crippen LogP contribution in [0.3, 0.4) is 0 Å². The number of rotatable bonds is 4. The van der Waals surface area contributed by atoms with Crippen LogP contribution in [-0.2, 0) is 0 Å². The first-order valence-corrected chi connectivity index (χ1v) is 9.88. The normalized spacial score (nSPS) is 16.2. The number of aromatic nitrogens is 1. The van der Waals surface area contributed by atoms with Crippen LogP contribution in [-0.4, -0.2) is 14.3 Å². The Morgan fingerprint density at radius 1 is 1.29 bits per heavy atom. The molecule has 0 unspecified atom stereocenters. The topological polar surface area (TPSA) is 58.0 Å². The Balaban J connectivity index is 1.69. The molecule has 128 valence electrons. The van der Waals surface area contributed by atoms with Crippen molar-refractivity contribution in [2.24, 2.45) is 0 Å². The molecule has 0 bridgehead atoms. The van der Waals surface area contributed by atoms with E-state index in [2.05, 4.69) is 10.5 Å². The van der Waals surface area contributed by atoms with Crippen LogP contribution in [0, 0.1) is 0 Å². The highest BCUT2D eigenvalue weighted by Crippen LogP contribution is 2.43. The Morgan fingerprint density at radius 3 is 2.54 bits per heavy atom. The van der Waals surface area contributed by atoms with E-state index >= 15 is 0 Å². The van der Waals surface area contributed by atoms with Gasteiger partial charge in [0.1, 0.15) is 8.72 Å². The summed E-state index contributed by atoms with van der Waals surface area (Å²) in [6.07, 6.45) is -4.23. The maximum atomic E-state index is 12.6. The molecule has 0 radical (unpaired) electrons. The fourth-order valence-corrected chi connectivity index (χ4v) is 6.03. The van der Waals surface area contributed by atoms with E-state index in [4.69, 9.17) is 4.52 Å². The molecule has 0 fully saturated rings. The minimum atomic E-state index is -4.23. The summed E-state index contributed by atoms with van der Waals surface area (Å²) in [6, 6.07) is 8.72. The van der Waals surface area contributed by atoms with Gasteiger partial charge in [-0.3, -0.25) is 4.79 Å². The van der Waals surface area contributed by atoms with Gasteiger partial charge in [-0.05, 0) is 43.8 Å². The molecule has 9 heteroatoms. The predicted molar refractivity (Wildman–Crippen MR) is 97.7 cm³/mol. The summed E-state index contributed by atoms with van der Waals surface area (Å²) < 4.78 is 43.3. The van der Waals surface area contributed by atoms with Crippen LogP contribution >= 0.6 is 32.5 Å². The van der Waals surface area contributed by atoms with Gasteiger partial charge in [0.05, 0.1) is 3.58 Å². The molecule has 1 aliphatic heterocycles. The van der Waals surface area contributed by atoms with E-state index in [1.54, 1.807) is 12.1 Å². The minimum absolute atomic E-state index is 0.0996. The van der Waals surface area contributed by atoms with Crippen LogP contribution in [0.1, 0.15) is 24.2 Å². The second kappa shape index (κ2) is 6.79. The number of halogens is 4. The molecule has 2 N–H and O–H groups in total. The number of nitrogens with one attached hydrogen (secondary N) is 2. The number of hydrogen-bond donors (Lipinski definition) is 2. The first-order chi connectivity index (χ1) is 11.3. The van der Waals surface area contributed by atoms with Gasteiger partial charge >= 0.3 is 6.18 Å². The zero-order chi connectivity index (χ0) is 17.3. The second-order valence-electron chi connectivity index (χ2n) is 5.03. The second-order valence-corrected chi connectivity index (χ2v) is 9.43. The summed E-state index contributed by atoms with van der Waals surface area (Å²) in [5, 5.41) is 6.48. The lowest BCUT2D eigenvalue weighted by Crippen LogP contribution is -2.06. The molecule has 3 rings (SSSR count). The van der Waals surface area contributed by atoms with Crippen molar-refractivity contribution < 1.29 is 17.7 Å². The molecule has 2 heterocycles. The van der Waals surface area contributed by atoms with Crippen LogP contribution in [0.5, 0.6) is 0 Å². The van der Waals surface area contributed by atoms with E-state index in [1.807, 2.05) is 19.1 Å². The van der Waals surface area contributed by atoms with Gasteiger partial charge < -0.3 is 9.84 Å². The SMILES string of the molecule is C[C@H](c1ccc(NC2=IC(C(F)(F)F)=CS2)cc1)c1cc(=O)[nH]o1. The molecule has 2 aromatic rings. The average molecular weight is 468 g/mol. The lowest BCUT2D eigenvalue weighted by Gasteiger charge is -2.10. The summed E-state index contributed by atoms with van der Waals surface area (Å²) in [5.41, 5.74) is 1.39. The fraction of sp³-hybridized carbons (Fsp3) is 0.200. The van der Waals surface area contributed by atoms with Crippen molar-refractivity contribution in [3.8, 4) is 0 Å². The molecule has 1 aromatic carbocycles. The monoisotopic (exact) mass is 468 g/mol. The first-order valence-electron chi connectivity index (χ1n) is 6.84. The quantitative estimate of drug-likeness (QED) is 0.637. The summed E-state index contributed by atoms with van der Waals surface area (Å²) in [6.45, 7) is 1.90. The fourth-order valence-electron chi connectivity index (χ4n) is 2.06. The first kappa shape index (κ1) is 17.3. The van der Waals surface area contributed by atoms with Gasteiger partial charge in [-0.25, -0.2) is 0 Å². The third-order valence-electron chi connectivity index (χ3n) is 3.35. The zero-order valence-electron chi connectivity index (χ0n) is 12.3. The molecule has 24 heavy (non-hydrogen) atoms. The van der Waals surface area contributed by atoms with Crippen LogP contribution in [0.4, 0.5) is 18.9 Å². The maximum Gasteiger partial charge on any atom is 0.422 e. The average Bonchev–Trinajstić information content (AvgIpc) is 3.16. The van der Waals surface area contributed by atoms with Crippen LogP contribution < -0.4 is 10.9 Å². The van der Waals surface area contributed by atoms with Crippen LogP contribution in [0.15, 0.2) is 48.6 Å². The van der Waals surface area contributed by atoms with Gasteiger partial charge in [0.2, 0.25) is 0 Å². The number of H-pyrrole nitrogens is 1. The van der Waals surface area contributed by atoms with E-state index in [9.17, 15) is 18.0 Å². The van der Waals surface area contributed by atoms with Crippen molar-refractivity contribution in [3.63, 3.8) is 0 Å². The Hall–Kier alpha value is -1.49. The third-order valence-corrected chi connectivity index (χ3v) is 7.98. The third kappa shape index (κ3) is 3.94. The number of anilines is 1. The highest BCUT2D eigenvalue weighted by molar-refractivity contribution is 14.2. The van der Waals surface area contributed by atoms with Gasteiger partial charge in [0.25, 0.3) is 5.56 Å². The number of hydrogen-bond acceptors (Lipinski definition) is 4. The van der Waals surface area contributed by atoms with Crippen molar-refractivity contribution in [2.45, 2.75) is 19.0 Å². The highest BCUT2D eigenvalue weighted by Gasteiger charge is 2.35. The largest absolute Gasteiger partial charge is 0.422 e. The lowest BCUT2D eigenvalue weighted by atomic mass is 9.98. The lowest BCUT2D eigenvalue weighted by molar-refractivity contribution is -0.0815. The smallest absolute Gasteiger partial charge is 0.383 e. The number of alkyl halides is 3. The predicted octanol–water partition coefficient (Wildman–Crippen LogP) is 4.74. The molecule has 1 aromatic heterocycles. The molecule has 0 spiro atoms. The van der Waals surface area contributed by atoms with Gasteiger partial charge in [0.15, 0.2) is 0 Å². The Bertz CT molecular complexity index is 853. The van der Waals surface area contributed by atoms with Crippen molar-refractivity contribution in [1.29, 1.82) is 0 Å². The Morgan fingerprint density at radius 2 is 2.00 bits per heavy atom. The summed E-state index contributed by atoms with van der Waals surface area (Å²) in [5.74, 6) is 0.434. The van der Waals surface area contributed by atoms with E-state index < -0.39 is 30.5 Å². The van der Waals surface area contributed by atoms with E-state index in [0.29, 0.717) is 8.72 Å².